The highest BCUT2D eigenvalue weighted by Crippen LogP contribution is 2.12. The topological polar surface area (TPSA) is 86.0 Å². The maximum Gasteiger partial charge on any atom is 0.255 e. The number of piperazine rings is 1. The van der Waals surface area contributed by atoms with E-state index in [9.17, 15) is 4.79 Å². The highest BCUT2D eigenvalue weighted by Gasteiger charge is 2.23. The van der Waals surface area contributed by atoms with Crippen LogP contribution in [0, 0.1) is 11.3 Å². The van der Waals surface area contributed by atoms with E-state index in [1.54, 1.807) is 35.5 Å². The number of aromatic nitrogens is 3. The zero-order valence-corrected chi connectivity index (χ0v) is 11.9. The number of amides is 1. The van der Waals surface area contributed by atoms with Gasteiger partial charge in [-0.05, 0) is 18.2 Å². The van der Waals surface area contributed by atoms with Gasteiger partial charge in [-0.25, -0.2) is 15.0 Å². The molecule has 7 heteroatoms. The molecule has 1 aliphatic rings. The highest BCUT2D eigenvalue weighted by atomic mass is 16.2. The molecule has 110 valence electrons. The summed E-state index contributed by atoms with van der Waals surface area (Å²) in [4.78, 5) is 28.6. The lowest BCUT2D eigenvalue weighted by Gasteiger charge is -2.34. The second kappa shape index (κ2) is 6.18. The van der Waals surface area contributed by atoms with Crippen LogP contribution in [-0.2, 0) is 0 Å². The fourth-order valence-corrected chi connectivity index (χ4v) is 2.33. The zero-order valence-electron chi connectivity index (χ0n) is 11.9. The van der Waals surface area contributed by atoms with Crippen LogP contribution in [0.15, 0.2) is 36.8 Å². The maximum absolute atomic E-state index is 12.4. The molecule has 0 N–H and O–H groups in total. The second-order valence-corrected chi connectivity index (χ2v) is 4.87. The Morgan fingerprint density at radius 3 is 2.41 bits per heavy atom. The van der Waals surface area contributed by atoms with Crippen molar-refractivity contribution in [2.45, 2.75) is 0 Å². The summed E-state index contributed by atoms with van der Waals surface area (Å²) < 4.78 is 0. The molecule has 2 aromatic rings. The molecule has 3 heterocycles. The summed E-state index contributed by atoms with van der Waals surface area (Å²) in [5.74, 6) is 0.625. The first kappa shape index (κ1) is 13.9. The van der Waals surface area contributed by atoms with Gasteiger partial charge in [0, 0.05) is 44.8 Å². The molecule has 0 bridgehead atoms. The van der Waals surface area contributed by atoms with Crippen LogP contribution in [0.25, 0.3) is 0 Å². The van der Waals surface area contributed by atoms with E-state index in [0.29, 0.717) is 43.4 Å². The molecule has 0 saturated carbocycles. The number of pyridine rings is 1. The molecule has 0 aliphatic carbocycles. The van der Waals surface area contributed by atoms with E-state index in [-0.39, 0.29) is 5.91 Å². The summed E-state index contributed by atoms with van der Waals surface area (Å²) in [6, 6.07) is 6.92. The van der Waals surface area contributed by atoms with Gasteiger partial charge in [0.1, 0.15) is 11.8 Å². The summed E-state index contributed by atoms with van der Waals surface area (Å²) in [6.07, 6.45) is 4.87. The molecule has 7 nitrogen and oxygen atoms in total. The third-order valence-corrected chi connectivity index (χ3v) is 3.53. The van der Waals surface area contributed by atoms with Gasteiger partial charge in [0.05, 0.1) is 5.56 Å². The number of carbonyl (C=O) groups is 1. The van der Waals surface area contributed by atoms with E-state index >= 15 is 0 Å². The lowest BCUT2D eigenvalue weighted by molar-refractivity contribution is 0.0746. The number of hydrogen-bond donors (Lipinski definition) is 0. The molecule has 3 rings (SSSR count). The minimum atomic E-state index is -0.0642. The Morgan fingerprint density at radius 2 is 1.82 bits per heavy atom. The SMILES string of the molecule is N#Cc1ccc(C(=O)N2CCN(c3ncccn3)CC2)cn1. The van der Waals surface area contributed by atoms with Crippen LogP contribution in [-0.4, -0.2) is 51.9 Å². The minimum Gasteiger partial charge on any atom is -0.337 e. The van der Waals surface area contributed by atoms with Crippen molar-refractivity contribution >= 4 is 11.9 Å². The molecule has 2 aromatic heterocycles. The van der Waals surface area contributed by atoms with Gasteiger partial charge in [-0.1, -0.05) is 0 Å². The van der Waals surface area contributed by atoms with Crippen LogP contribution in [0.1, 0.15) is 16.1 Å². The summed E-state index contributed by atoms with van der Waals surface area (Å²) in [5.41, 5.74) is 0.811. The lowest BCUT2D eigenvalue weighted by atomic mass is 10.2. The van der Waals surface area contributed by atoms with Crippen molar-refractivity contribution in [3.05, 3.63) is 48.0 Å². The molecule has 1 saturated heterocycles. The average Bonchev–Trinajstić information content (AvgIpc) is 2.62. The first-order chi connectivity index (χ1) is 10.8. The van der Waals surface area contributed by atoms with E-state index in [2.05, 4.69) is 19.9 Å². The van der Waals surface area contributed by atoms with Crippen molar-refractivity contribution in [2.24, 2.45) is 0 Å². The zero-order chi connectivity index (χ0) is 15.4. The Kier molecular flexibility index (Phi) is 3.92. The minimum absolute atomic E-state index is 0.0642. The quantitative estimate of drug-likeness (QED) is 0.810. The van der Waals surface area contributed by atoms with Crippen LogP contribution >= 0.6 is 0 Å². The van der Waals surface area contributed by atoms with Crippen molar-refractivity contribution in [1.29, 1.82) is 5.26 Å². The molecule has 1 aliphatic heterocycles. The van der Waals surface area contributed by atoms with Gasteiger partial charge in [-0.3, -0.25) is 4.79 Å². The molecule has 0 aromatic carbocycles. The summed E-state index contributed by atoms with van der Waals surface area (Å²) >= 11 is 0. The van der Waals surface area contributed by atoms with Crippen LogP contribution < -0.4 is 4.90 Å². The largest absolute Gasteiger partial charge is 0.337 e. The van der Waals surface area contributed by atoms with Gasteiger partial charge in [0.2, 0.25) is 5.95 Å². The molecule has 0 radical (unpaired) electrons. The highest BCUT2D eigenvalue weighted by molar-refractivity contribution is 5.94. The summed E-state index contributed by atoms with van der Waals surface area (Å²) in [7, 11) is 0. The first-order valence-corrected chi connectivity index (χ1v) is 6.95. The Labute approximate surface area is 127 Å². The van der Waals surface area contributed by atoms with Crippen LogP contribution in [0.3, 0.4) is 0 Å². The van der Waals surface area contributed by atoms with Crippen molar-refractivity contribution in [2.75, 3.05) is 31.1 Å². The molecule has 0 atom stereocenters. The van der Waals surface area contributed by atoms with E-state index < -0.39 is 0 Å². The van der Waals surface area contributed by atoms with E-state index in [1.807, 2.05) is 6.07 Å². The summed E-state index contributed by atoms with van der Waals surface area (Å²) in [5, 5.41) is 8.73. The second-order valence-electron chi connectivity index (χ2n) is 4.87. The predicted molar refractivity (Wildman–Crippen MR) is 79.1 cm³/mol. The third-order valence-electron chi connectivity index (χ3n) is 3.53. The average molecular weight is 294 g/mol. The maximum atomic E-state index is 12.4. The number of anilines is 1. The Bertz CT molecular complexity index is 686. The number of nitrogens with zero attached hydrogens (tertiary/aromatic N) is 6. The van der Waals surface area contributed by atoms with Crippen molar-refractivity contribution in [3.8, 4) is 6.07 Å². The monoisotopic (exact) mass is 294 g/mol. The Morgan fingerprint density at radius 1 is 1.09 bits per heavy atom. The number of hydrogen-bond acceptors (Lipinski definition) is 6. The normalized spacial score (nSPS) is 14.5. The van der Waals surface area contributed by atoms with E-state index in [1.165, 1.54) is 6.20 Å². The predicted octanol–water partition coefficient (Wildman–Crippen LogP) is 0.706. The number of carbonyl (C=O) groups excluding carboxylic acids is 1. The van der Waals surface area contributed by atoms with Crippen molar-refractivity contribution < 1.29 is 4.79 Å². The molecule has 0 spiro atoms. The van der Waals surface area contributed by atoms with Crippen LogP contribution in [0.4, 0.5) is 5.95 Å². The number of nitriles is 1. The first-order valence-electron chi connectivity index (χ1n) is 6.95. The van der Waals surface area contributed by atoms with Gasteiger partial charge >= 0.3 is 0 Å². The van der Waals surface area contributed by atoms with Crippen molar-refractivity contribution in [3.63, 3.8) is 0 Å². The fraction of sp³-hybridized carbons (Fsp3) is 0.267. The fourth-order valence-electron chi connectivity index (χ4n) is 2.33. The van der Waals surface area contributed by atoms with Gasteiger partial charge < -0.3 is 9.80 Å². The van der Waals surface area contributed by atoms with E-state index in [4.69, 9.17) is 5.26 Å². The smallest absolute Gasteiger partial charge is 0.255 e. The molecule has 1 amide bonds. The van der Waals surface area contributed by atoms with Gasteiger partial charge in [0.25, 0.3) is 5.91 Å². The van der Waals surface area contributed by atoms with Crippen LogP contribution in [0.5, 0.6) is 0 Å². The van der Waals surface area contributed by atoms with Crippen LogP contribution in [0.2, 0.25) is 0 Å². The molecule has 22 heavy (non-hydrogen) atoms. The van der Waals surface area contributed by atoms with Gasteiger partial charge in [-0.2, -0.15) is 5.26 Å². The Balaban J connectivity index is 1.63. The van der Waals surface area contributed by atoms with Crippen molar-refractivity contribution in [1.82, 2.24) is 19.9 Å². The molecule has 0 unspecified atom stereocenters. The molecular weight excluding hydrogens is 280 g/mol. The lowest BCUT2D eigenvalue weighted by Crippen LogP contribution is -2.49. The molecule has 1 fully saturated rings. The van der Waals surface area contributed by atoms with Gasteiger partial charge in [-0.15, -0.1) is 0 Å². The third kappa shape index (κ3) is 2.86. The summed E-state index contributed by atoms with van der Waals surface area (Å²) in [6.45, 7) is 2.60. The van der Waals surface area contributed by atoms with E-state index in [0.717, 1.165) is 0 Å². The molecular formula is C15H14N6O. The Hall–Kier alpha value is -3.01. The standard InChI is InChI=1S/C15H14N6O/c16-10-13-3-2-12(11-19-13)14(22)20-6-8-21(9-7-20)15-17-4-1-5-18-15/h1-5,11H,6-9H2. The number of rotatable bonds is 2. The van der Waals surface area contributed by atoms with Gasteiger partial charge in [0.15, 0.2) is 0 Å².